The van der Waals surface area contributed by atoms with Gasteiger partial charge in [0.1, 0.15) is 12.4 Å². The molecule has 1 unspecified atom stereocenters. The van der Waals surface area contributed by atoms with Crippen LogP contribution in [0.25, 0.3) is 0 Å². The van der Waals surface area contributed by atoms with E-state index in [4.69, 9.17) is 9.47 Å². The van der Waals surface area contributed by atoms with Gasteiger partial charge in [-0.1, -0.05) is 6.92 Å². The second kappa shape index (κ2) is 6.06. The molecule has 112 valence electrons. The Balaban J connectivity index is 2.31. The molecule has 1 aliphatic rings. The zero-order valence-electron chi connectivity index (χ0n) is 13.1. The van der Waals surface area contributed by atoms with Crippen molar-refractivity contribution in [2.45, 2.75) is 52.4 Å². The van der Waals surface area contributed by atoms with Crippen molar-refractivity contribution >= 4 is 5.82 Å². The van der Waals surface area contributed by atoms with E-state index < -0.39 is 0 Å². The lowest BCUT2D eigenvalue weighted by atomic mass is 10.0. The predicted molar refractivity (Wildman–Crippen MR) is 78.9 cm³/mol. The summed E-state index contributed by atoms with van der Waals surface area (Å²) < 4.78 is 11.1. The van der Waals surface area contributed by atoms with E-state index in [-0.39, 0.29) is 5.60 Å². The minimum absolute atomic E-state index is 0.147. The zero-order chi connectivity index (χ0) is 14.8. The molecule has 1 aromatic rings. The molecule has 1 saturated heterocycles. The van der Waals surface area contributed by atoms with Crippen LogP contribution in [-0.4, -0.2) is 41.9 Å². The maximum Gasteiger partial charge on any atom is 0.156 e. The van der Waals surface area contributed by atoms with E-state index in [2.05, 4.69) is 35.6 Å². The molecule has 1 aromatic heterocycles. The average molecular weight is 279 g/mol. The number of nitrogens with zero attached hydrogens (tertiary/aromatic N) is 3. The SMILES string of the molecule is CCC1COC(C)(C)CN1c1cc(C)nc(COC)n1. The van der Waals surface area contributed by atoms with E-state index in [1.54, 1.807) is 7.11 Å². The third-order valence-electron chi connectivity index (χ3n) is 3.58. The first kappa shape index (κ1) is 15.2. The highest BCUT2D eigenvalue weighted by molar-refractivity contribution is 5.42. The summed E-state index contributed by atoms with van der Waals surface area (Å²) in [4.78, 5) is 11.4. The number of anilines is 1. The Hall–Kier alpha value is -1.20. The number of ether oxygens (including phenoxy) is 2. The molecule has 0 spiro atoms. The highest BCUT2D eigenvalue weighted by Gasteiger charge is 2.33. The Bertz CT molecular complexity index is 462. The summed E-state index contributed by atoms with van der Waals surface area (Å²) in [6, 6.07) is 2.41. The first-order chi connectivity index (χ1) is 9.45. The highest BCUT2D eigenvalue weighted by atomic mass is 16.5. The van der Waals surface area contributed by atoms with Crippen LogP contribution in [0.4, 0.5) is 5.82 Å². The van der Waals surface area contributed by atoms with Gasteiger partial charge in [-0.05, 0) is 27.2 Å². The number of rotatable bonds is 4. The lowest BCUT2D eigenvalue weighted by Gasteiger charge is -2.44. The molecule has 1 atom stereocenters. The largest absolute Gasteiger partial charge is 0.377 e. The summed E-state index contributed by atoms with van der Waals surface area (Å²) in [5, 5.41) is 0. The van der Waals surface area contributed by atoms with Crippen LogP contribution in [0.1, 0.15) is 38.7 Å². The van der Waals surface area contributed by atoms with Crippen LogP contribution in [0.5, 0.6) is 0 Å². The minimum atomic E-state index is -0.147. The molecule has 5 heteroatoms. The average Bonchev–Trinajstić information content (AvgIpc) is 2.37. The maximum absolute atomic E-state index is 5.92. The van der Waals surface area contributed by atoms with Gasteiger partial charge in [0.2, 0.25) is 0 Å². The van der Waals surface area contributed by atoms with Gasteiger partial charge in [-0.15, -0.1) is 0 Å². The summed E-state index contributed by atoms with van der Waals surface area (Å²) in [5.74, 6) is 1.72. The van der Waals surface area contributed by atoms with Crippen LogP contribution < -0.4 is 4.90 Å². The Morgan fingerprint density at radius 1 is 1.45 bits per heavy atom. The molecule has 0 aliphatic carbocycles. The Morgan fingerprint density at radius 2 is 2.20 bits per heavy atom. The van der Waals surface area contributed by atoms with Gasteiger partial charge in [0.15, 0.2) is 5.82 Å². The van der Waals surface area contributed by atoms with Crippen LogP contribution in [0.15, 0.2) is 6.07 Å². The topological polar surface area (TPSA) is 47.5 Å². The fourth-order valence-corrected chi connectivity index (χ4v) is 2.56. The third kappa shape index (κ3) is 3.46. The number of morpholine rings is 1. The van der Waals surface area contributed by atoms with Crippen LogP contribution >= 0.6 is 0 Å². The Kier molecular flexibility index (Phi) is 4.60. The van der Waals surface area contributed by atoms with Crippen molar-refractivity contribution in [1.82, 2.24) is 9.97 Å². The number of hydrogen-bond acceptors (Lipinski definition) is 5. The maximum atomic E-state index is 5.92. The van der Waals surface area contributed by atoms with Gasteiger partial charge in [-0.3, -0.25) is 0 Å². The quantitative estimate of drug-likeness (QED) is 0.846. The van der Waals surface area contributed by atoms with E-state index in [0.29, 0.717) is 12.6 Å². The molecule has 0 amide bonds. The smallest absolute Gasteiger partial charge is 0.156 e. The Morgan fingerprint density at radius 3 is 2.85 bits per heavy atom. The molecular weight excluding hydrogens is 254 g/mol. The van der Waals surface area contributed by atoms with Gasteiger partial charge in [0.25, 0.3) is 0 Å². The van der Waals surface area contributed by atoms with Crippen molar-refractivity contribution in [2.75, 3.05) is 25.2 Å². The number of aryl methyl sites for hydroxylation is 1. The van der Waals surface area contributed by atoms with Gasteiger partial charge < -0.3 is 14.4 Å². The van der Waals surface area contributed by atoms with E-state index in [1.807, 2.05) is 13.0 Å². The summed E-state index contributed by atoms with van der Waals surface area (Å²) in [7, 11) is 1.66. The van der Waals surface area contributed by atoms with Crippen molar-refractivity contribution in [3.05, 3.63) is 17.6 Å². The lowest BCUT2D eigenvalue weighted by Crippen LogP contribution is -2.54. The highest BCUT2D eigenvalue weighted by Crippen LogP contribution is 2.27. The molecule has 0 radical (unpaired) electrons. The summed E-state index contributed by atoms with van der Waals surface area (Å²) in [5.41, 5.74) is 0.826. The van der Waals surface area contributed by atoms with Gasteiger partial charge in [0.05, 0.1) is 18.2 Å². The molecule has 2 rings (SSSR count). The molecular formula is C15H25N3O2. The van der Waals surface area contributed by atoms with E-state index in [9.17, 15) is 0 Å². The van der Waals surface area contributed by atoms with Crippen molar-refractivity contribution < 1.29 is 9.47 Å². The molecule has 0 aromatic carbocycles. The molecule has 1 aliphatic heterocycles. The number of methoxy groups -OCH3 is 1. The standard InChI is InChI=1S/C15H25N3O2/c1-6-12-8-20-15(3,4)10-18(12)14-7-11(2)16-13(17-14)9-19-5/h7,12H,6,8-10H2,1-5H3. The molecule has 0 bridgehead atoms. The first-order valence-electron chi connectivity index (χ1n) is 7.19. The van der Waals surface area contributed by atoms with Crippen LogP contribution in [0.3, 0.4) is 0 Å². The van der Waals surface area contributed by atoms with E-state index >= 15 is 0 Å². The normalized spacial score (nSPS) is 22.1. The number of aromatic nitrogens is 2. The van der Waals surface area contributed by atoms with E-state index in [0.717, 1.165) is 36.9 Å². The van der Waals surface area contributed by atoms with Gasteiger partial charge in [-0.25, -0.2) is 9.97 Å². The third-order valence-corrected chi connectivity index (χ3v) is 3.58. The van der Waals surface area contributed by atoms with Crippen molar-refractivity contribution in [3.63, 3.8) is 0 Å². The van der Waals surface area contributed by atoms with Crippen LogP contribution in [-0.2, 0) is 16.1 Å². The summed E-state index contributed by atoms with van der Waals surface area (Å²) in [6.07, 6.45) is 1.04. The van der Waals surface area contributed by atoms with Crippen molar-refractivity contribution in [1.29, 1.82) is 0 Å². The molecule has 0 saturated carbocycles. The van der Waals surface area contributed by atoms with Crippen LogP contribution in [0, 0.1) is 6.92 Å². The monoisotopic (exact) mass is 279 g/mol. The van der Waals surface area contributed by atoms with Crippen molar-refractivity contribution in [3.8, 4) is 0 Å². The molecule has 20 heavy (non-hydrogen) atoms. The second-order valence-electron chi connectivity index (χ2n) is 5.98. The molecule has 2 heterocycles. The first-order valence-corrected chi connectivity index (χ1v) is 7.19. The fraction of sp³-hybridized carbons (Fsp3) is 0.733. The number of hydrogen-bond donors (Lipinski definition) is 0. The summed E-state index contributed by atoms with van der Waals surface area (Å²) in [6.45, 7) is 10.5. The van der Waals surface area contributed by atoms with E-state index in [1.165, 1.54) is 0 Å². The van der Waals surface area contributed by atoms with Crippen LogP contribution in [0.2, 0.25) is 0 Å². The fourth-order valence-electron chi connectivity index (χ4n) is 2.56. The zero-order valence-corrected chi connectivity index (χ0v) is 13.1. The molecule has 1 fully saturated rings. The molecule has 0 N–H and O–H groups in total. The minimum Gasteiger partial charge on any atom is -0.377 e. The predicted octanol–water partition coefficient (Wildman–Crippen LogP) is 2.33. The van der Waals surface area contributed by atoms with Gasteiger partial charge in [0, 0.05) is 25.4 Å². The van der Waals surface area contributed by atoms with Gasteiger partial charge in [-0.2, -0.15) is 0 Å². The summed E-state index contributed by atoms with van der Waals surface area (Å²) >= 11 is 0. The lowest BCUT2D eigenvalue weighted by molar-refractivity contribution is -0.0454. The van der Waals surface area contributed by atoms with Gasteiger partial charge >= 0.3 is 0 Å². The van der Waals surface area contributed by atoms with Crippen molar-refractivity contribution in [2.24, 2.45) is 0 Å². The second-order valence-corrected chi connectivity index (χ2v) is 5.98. The Labute approximate surface area is 121 Å². The molecule has 5 nitrogen and oxygen atoms in total.